The zero-order valence-corrected chi connectivity index (χ0v) is 14.3. The van der Waals surface area contributed by atoms with E-state index in [2.05, 4.69) is 36.0 Å². The Kier molecular flexibility index (Phi) is 6.45. The van der Waals surface area contributed by atoms with Crippen LogP contribution in [0.5, 0.6) is 0 Å². The van der Waals surface area contributed by atoms with Crippen molar-refractivity contribution in [2.75, 3.05) is 40.8 Å². The average Bonchev–Trinajstić information content (AvgIpc) is 2.39. The van der Waals surface area contributed by atoms with Gasteiger partial charge in [0, 0.05) is 34.2 Å². The highest BCUT2D eigenvalue weighted by Gasteiger charge is 2.25. The lowest BCUT2D eigenvalue weighted by Crippen LogP contribution is -2.49. The molecule has 1 heterocycles. The van der Waals surface area contributed by atoms with Gasteiger partial charge in [-0.05, 0) is 33.6 Å². The maximum Gasteiger partial charge on any atom is 0.241 e. The number of ether oxygens (including phenoxy) is 1. The summed E-state index contributed by atoms with van der Waals surface area (Å²) in [6.07, 6.45) is 2.28. The Morgan fingerprint density at radius 3 is 2.33 bits per heavy atom. The molecule has 1 amide bonds. The summed E-state index contributed by atoms with van der Waals surface area (Å²) in [6, 6.07) is 0. The molecule has 0 atom stereocenters. The standard InChI is InChI=1S/C15H30N4O2/c1-15(2,3)21-12-7-9-19(10-8-12)14(16-4)17-11-13(20)18(5)6/h12H,7-11H2,1-6H3,(H,16,17). The predicted octanol–water partition coefficient (Wildman–Crippen LogP) is 0.929. The van der Waals surface area contributed by atoms with Crippen molar-refractivity contribution < 1.29 is 9.53 Å². The van der Waals surface area contributed by atoms with Crippen LogP contribution in [-0.2, 0) is 9.53 Å². The molecule has 0 aromatic carbocycles. The van der Waals surface area contributed by atoms with Crippen LogP contribution in [0.2, 0.25) is 0 Å². The number of aliphatic imine (C=N–C) groups is 1. The molecule has 0 saturated carbocycles. The summed E-state index contributed by atoms with van der Waals surface area (Å²) in [5.74, 6) is 0.835. The molecule has 0 spiro atoms. The summed E-state index contributed by atoms with van der Waals surface area (Å²) < 4.78 is 6.02. The molecule has 0 bridgehead atoms. The molecule has 6 heteroatoms. The van der Waals surface area contributed by atoms with Gasteiger partial charge in [-0.15, -0.1) is 0 Å². The van der Waals surface area contributed by atoms with Crippen molar-refractivity contribution in [1.29, 1.82) is 0 Å². The SMILES string of the molecule is CN=C(NCC(=O)N(C)C)N1CCC(OC(C)(C)C)CC1. The fourth-order valence-electron chi connectivity index (χ4n) is 2.33. The van der Waals surface area contributed by atoms with Gasteiger partial charge in [-0.1, -0.05) is 0 Å². The van der Waals surface area contributed by atoms with Crippen LogP contribution in [0.1, 0.15) is 33.6 Å². The number of amides is 1. The minimum Gasteiger partial charge on any atom is -0.372 e. The van der Waals surface area contributed by atoms with Gasteiger partial charge in [0.1, 0.15) is 0 Å². The van der Waals surface area contributed by atoms with E-state index in [-0.39, 0.29) is 18.1 Å². The maximum absolute atomic E-state index is 11.6. The first kappa shape index (κ1) is 17.8. The predicted molar refractivity (Wildman–Crippen MR) is 85.5 cm³/mol. The molecule has 0 aromatic heterocycles. The quantitative estimate of drug-likeness (QED) is 0.622. The molecule has 1 fully saturated rings. The van der Waals surface area contributed by atoms with Crippen molar-refractivity contribution in [3.8, 4) is 0 Å². The smallest absolute Gasteiger partial charge is 0.241 e. The number of nitrogens with zero attached hydrogens (tertiary/aromatic N) is 3. The lowest BCUT2D eigenvalue weighted by molar-refractivity contribution is -0.127. The third-order valence-corrected chi connectivity index (χ3v) is 3.37. The van der Waals surface area contributed by atoms with Crippen molar-refractivity contribution in [2.45, 2.75) is 45.3 Å². The summed E-state index contributed by atoms with van der Waals surface area (Å²) >= 11 is 0. The number of hydrogen-bond donors (Lipinski definition) is 1. The van der Waals surface area contributed by atoms with Gasteiger partial charge in [0.15, 0.2) is 5.96 Å². The van der Waals surface area contributed by atoms with Crippen LogP contribution in [0, 0.1) is 0 Å². The van der Waals surface area contributed by atoms with E-state index in [0.717, 1.165) is 31.9 Å². The molecule has 1 rings (SSSR count). The fourth-order valence-corrected chi connectivity index (χ4v) is 2.33. The van der Waals surface area contributed by atoms with Crippen LogP contribution in [0.25, 0.3) is 0 Å². The molecule has 1 aliphatic rings. The van der Waals surface area contributed by atoms with E-state index in [1.165, 1.54) is 0 Å². The highest BCUT2D eigenvalue weighted by molar-refractivity contribution is 5.86. The van der Waals surface area contributed by atoms with Gasteiger partial charge in [0.05, 0.1) is 18.2 Å². The Balaban J connectivity index is 2.42. The molecule has 1 aliphatic heterocycles. The summed E-state index contributed by atoms with van der Waals surface area (Å²) in [7, 11) is 5.25. The molecule has 21 heavy (non-hydrogen) atoms. The highest BCUT2D eigenvalue weighted by atomic mass is 16.5. The summed E-state index contributed by atoms with van der Waals surface area (Å²) in [4.78, 5) is 19.6. The zero-order chi connectivity index (χ0) is 16.0. The first-order valence-corrected chi connectivity index (χ1v) is 7.56. The molecule has 0 aromatic rings. The summed E-state index contributed by atoms with van der Waals surface area (Å²) in [6.45, 7) is 8.34. The van der Waals surface area contributed by atoms with Crippen LogP contribution >= 0.6 is 0 Å². The van der Waals surface area contributed by atoms with Gasteiger partial charge in [-0.3, -0.25) is 9.79 Å². The highest BCUT2D eigenvalue weighted by Crippen LogP contribution is 2.20. The van der Waals surface area contributed by atoms with Crippen molar-refractivity contribution >= 4 is 11.9 Å². The van der Waals surface area contributed by atoms with Crippen LogP contribution in [0.4, 0.5) is 0 Å². The molecular formula is C15H30N4O2. The summed E-state index contributed by atoms with van der Waals surface area (Å²) in [5.41, 5.74) is -0.0924. The molecule has 1 saturated heterocycles. The summed E-state index contributed by atoms with van der Waals surface area (Å²) in [5, 5.41) is 3.13. The van der Waals surface area contributed by atoms with Crippen LogP contribution in [0.15, 0.2) is 4.99 Å². The third kappa shape index (κ3) is 6.33. The van der Waals surface area contributed by atoms with Gasteiger partial charge in [-0.2, -0.15) is 0 Å². The van der Waals surface area contributed by atoms with Crippen LogP contribution in [0.3, 0.4) is 0 Å². The second-order valence-electron chi connectivity index (χ2n) is 6.61. The van der Waals surface area contributed by atoms with Gasteiger partial charge in [-0.25, -0.2) is 0 Å². The number of likely N-dealkylation sites (N-methyl/N-ethyl adjacent to an activating group) is 1. The molecule has 0 radical (unpaired) electrons. The Hall–Kier alpha value is -1.30. The zero-order valence-electron chi connectivity index (χ0n) is 14.3. The number of hydrogen-bond acceptors (Lipinski definition) is 3. The number of rotatable bonds is 3. The number of guanidine groups is 1. The molecule has 122 valence electrons. The lowest BCUT2D eigenvalue weighted by Gasteiger charge is -2.36. The van der Waals surface area contributed by atoms with E-state index in [1.54, 1.807) is 26.0 Å². The average molecular weight is 298 g/mol. The van der Waals surface area contributed by atoms with Gasteiger partial charge < -0.3 is 19.9 Å². The molecule has 0 aliphatic carbocycles. The van der Waals surface area contributed by atoms with E-state index < -0.39 is 0 Å². The molecule has 0 unspecified atom stereocenters. The van der Waals surface area contributed by atoms with Crippen molar-refractivity contribution in [1.82, 2.24) is 15.1 Å². The largest absolute Gasteiger partial charge is 0.372 e. The molecular weight excluding hydrogens is 268 g/mol. The van der Waals surface area contributed by atoms with Crippen LogP contribution < -0.4 is 5.32 Å². The second-order valence-corrected chi connectivity index (χ2v) is 6.61. The Bertz CT molecular complexity index is 366. The number of piperidine rings is 1. The van der Waals surface area contributed by atoms with Crippen molar-refractivity contribution in [3.05, 3.63) is 0 Å². The number of likely N-dealkylation sites (tertiary alicyclic amines) is 1. The van der Waals surface area contributed by atoms with Gasteiger partial charge >= 0.3 is 0 Å². The van der Waals surface area contributed by atoms with E-state index in [1.807, 2.05) is 0 Å². The Morgan fingerprint density at radius 1 is 1.33 bits per heavy atom. The van der Waals surface area contributed by atoms with Gasteiger partial charge in [0.25, 0.3) is 0 Å². The first-order valence-electron chi connectivity index (χ1n) is 7.56. The van der Waals surface area contributed by atoms with E-state index in [4.69, 9.17) is 4.74 Å². The van der Waals surface area contributed by atoms with Crippen LogP contribution in [-0.4, -0.2) is 74.1 Å². The minimum absolute atomic E-state index is 0.0436. The number of carbonyl (C=O) groups excluding carboxylic acids is 1. The fraction of sp³-hybridized carbons (Fsp3) is 0.867. The lowest BCUT2D eigenvalue weighted by atomic mass is 10.1. The third-order valence-electron chi connectivity index (χ3n) is 3.37. The van der Waals surface area contributed by atoms with E-state index in [9.17, 15) is 4.79 Å². The Labute approximate surface area is 128 Å². The van der Waals surface area contributed by atoms with E-state index in [0.29, 0.717) is 6.10 Å². The van der Waals surface area contributed by atoms with Crippen molar-refractivity contribution in [2.24, 2.45) is 4.99 Å². The monoisotopic (exact) mass is 298 g/mol. The van der Waals surface area contributed by atoms with E-state index >= 15 is 0 Å². The van der Waals surface area contributed by atoms with Gasteiger partial charge in [0.2, 0.25) is 5.91 Å². The topological polar surface area (TPSA) is 57.2 Å². The number of carbonyl (C=O) groups is 1. The minimum atomic E-state index is -0.0924. The van der Waals surface area contributed by atoms with Crippen molar-refractivity contribution in [3.63, 3.8) is 0 Å². The molecule has 6 nitrogen and oxygen atoms in total. The normalized spacial score (nSPS) is 17.8. The molecule has 1 N–H and O–H groups in total. The Morgan fingerprint density at radius 2 is 1.90 bits per heavy atom. The first-order chi connectivity index (χ1) is 9.73. The number of nitrogens with one attached hydrogen (secondary N) is 1. The maximum atomic E-state index is 11.6. The second kappa shape index (κ2) is 7.64.